The number of hydrogen-bond donors (Lipinski definition) is 10. The van der Waals surface area contributed by atoms with Crippen LogP contribution < -0.4 is 21.3 Å². The van der Waals surface area contributed by atoms with Crippen LogP contribution in [0.2, 0.25) is 0 Å². The van der Waals surface area contributed by atoms with Crippen LogP contribution in [0, 0.1) is 0 Å². The van der Waals surface area contributed by atoms with Crippen LogP contribution in [0.5, 0.6) is 17.2 Å². The van der Waals surface area contributed by atoms with Crippen molar-refractivity contribution in [2.24, 2.45) is 0 Å². The lowest BCUT2D eigenvalue weighted by atomic mass is 9.91. The molecule has 18 nitrogen and oxygen atoms in total. The summed E-state index contributed by atoms with van der Waals surface area (Å²) < 4.78 is 2.92. The first kappa shape index (κ1) is 36.6. The Bertz CT molecular complexity index is 2250. The summed E-state index contributed by atoms with van der Waals surface area (Å²) >= 11 is 0. The maximum Gasteiger partial charge on any atom is 0.319 e. The molecule has 3 amide bonds. The summed E-state index contributed by atoms with van der Waals surface area (Å²) in [5, 5.41) is 76.5. The molecule has 0 aliphatic heterocycles. The predicted octanol–water partition coefficient (Wildman–Crippen LogP) is 1.84. The Morgan fingerprint density at radius 3 is 2.27 bits per heavy atom. The molecule has 4 atom stereocenters. The lowest BCUT2D eigenvalue weighted by molar-refractivity contribution is -0.125. The highest BCUT2D eigenvalue weighted by atomic mass is 16.3. The Morgan fingerprint density at radius 1 is 0.891 bits per heavy atom. The van der Waals surface area contributed by atoms with Crippen LogP contribution in [0.1, 0.15) is 35.1 Å². The van der Waals surface area contributed by atoms with Crippen LogP contribution in [0.3, 0.4) is 0 Å². The first-order valence-electron chi connectivity index (χ1n) is 17.3. The average molecular weight is 751 g/mol. The molecular formula is C37H38N10O8. The third kappa shape index (κ3) is 8.10. The van der Waals surface area contributed by atoms with E-state index in [-0.39, 0.29) is 60.1 Å². The Hall–Kier alpha value is -6.76. The summed E-state index contributed by atoms with van der Waals surface area (Å²) in [7, 11) is 0. The number of hydrogen-bond acceptors (Lipinski definition) is 13. The molecule has 0 bridgehead atoms. The fourth-order valence-corrected chi connectivity index (χ4v) is 6.61. The van der Waals surface area contributed by atoms with Crippen molar-refractivity contribution >= 4 is 34.6 Å². The molecule has 0 unspecified atom stereocenters. The van der Waals surface area contributed by atoms with Crippen molar-refractivity contribution in [3.63, 3.8) is 0 Å². The topological polar surface area (TPSA) is 265 Å². The van der Waals surface area contributed by atoms with Gasteiger partial charge in [-0.15, -0.1) is 0 Å². The quantitative estimate of drug-likeness (QED) is 0.0857. The van der Waals surface area contributed by atoms with Gasteiger partial charge in [-0.1, -0.05) is 36.4 Å². The number of carbonyl (C=O) groups is 2. The van der Waals surface area contributed by atoms with Gasteiger partial charge in [0.05, 0.1) is 36.5 Å². The first-order valence-corrected chi connectivity index (χ1v) is 17.3. The van der Waals surface area contributed by atoms with E-state index in [9.17, 15) is 40.2 Å². The number of anilines is 2. The van der Waals surface area contributed by atoms with E-state index in [0.29, 0.717) is 16.8 Å². The highest BCUT2D eigenvalue weighted by molar-refractivity contribution is 5.89. The number of aromatic hydroxyl groups is 3. The number of aliphatic hydroxyl groups excluding tert-OH is 3. The second-order valence-corrected chi connectivity index (χ2v) is 13.1. The molecule has 3 aromatic heterocycles. The molecular weight excluding hydrogens is 712 g/mol. The molecule has 0 spiro atoms. The van der Waals surface area contributed by atoms with Crippen LogP contribution in [-0.2, 0) is 11.3 Å². The predicted molar refractivity (Wildman–Crippen MR) is 198 cm³/mol. The maximum absolute atomic E-state index is 12.7. The molecule has 1 fully saturated rings. The lowest BCUT2D eigenvalue weighted by Crippen LogP contribution is -2.44. The number of fused-ring (bicyclic) bond motifs is 1. The number of aliphatic hydroxyl groups is 3. The van der Waals surface area contributed by atoms with Crippen molar-refractivity contribution in [2.75, 3.05) is 23.8 Å². The number of nitrogens with zero attached hydrogens (tertiary/aromatic N) is 6. The number of urea groups is 1. The number of rotatable bonds is 12. The molecule has 0 saturated heterocycles. The largest absolute Gasteiger partial charge is 0.508 e. The summed E-state index contributed by atoms with van der Waals surface area (Å²) in [5.74, 6) is -0.352. The Labute approximate surface area is 312 Å². The molecule has 3 aromatic carbocycles. The molecule has 0 radical (unpaired) electrons. The van der Waals surface area contributed by atoms with Crippen molar-refractivity contribution < 1.29 is 40.2 Å². The smallest absolute Gasteiger partial charge is 0.319 e. The summed E-state index contributed by atoms with van der Waals surface area (Å²) in [6.45, 7) is -0.354. The van der Waals surface area contributed by atoms with Crippen LogP contribution in [0.15, 0.2) is 91.5 Å². The van der Waals surface area contributed by atoms with Gasteiger partial charge in [0.15, 0.2) is 17.0 Å². The lowest BCUT2D eigenvalue weighted by Gasteiger charge is -2.20. The van der Waals surface area contributed by atoms with Gasteiger partial charge in [-0.25, -0.2) is 14.5 Å². The monoisotopic (exact) mass is 750 g/mol. The van der Waals surface area contributed by atoms with Crippen LogP contribution >= 0.6 is 0 Å². The minimum atomic E-state index is -1.34. The third-order valence-electron chi connectivity index (χ3n) is 9.38. The van der Waals surface area contributed by atoms with E-state index in [4.69, 9.17) is 9.97 Å². The van der Waals surface area contributed by atoms with E-state index in [1.807, 2.05) is 0 Å². The van der Waals surface area contributed by atoms with E-state index >= 15 is 0 Å². The fraction of sp³-hybridized carbons (Fsp3) is 0.243. The van der Waals surface area contributed by atoms with Crippen molar-refractivity contribution in [3.8, 4) is 23.2 Å². The van der Waals surface area contributed by atoms with Crippen LogP contribution in [-0.4, -0.2) is 103 Å². The SMILES string of the molecule is O=C(CO)N[C@H]1C[C@@H](n2cnc3c(NCC(c4ccc(O)cc4)c4ccc(O)cc4)nc(-n4cc(NC(=O)NCc5cccc(O)c5)cn4)nc32)[C@H](O)[C@@H]1O. The summed E-state index contributed by atoms with van der Waals surface area (Å²) in [5.41, 5.74) is 3.31. The van der Waals surface area contributed by atoms with Gasteiger partial charge >= 0.3 is 6.03 Å². The number of phenols is 3. The van der Waals surface area contributed by atoms with Crippen LogP contribution in [0.25, 0.3) is 17.1 Å². The van der Waals surface area contributed by atoms with E-state index in [1.54, 1.807) is 65.2 Å². The highest BCUT2D eigenvalue weighted by Crippen LogP contribution is 2.35. The van der Waals surface area contributed by atoms with Gasteiger partial charge in [0.2, 0.25) is 5.91 Å². The van der Waals surface area contributed by atoms with E-state index in [2.05, 4.69) is 31.3 Å². The Morgan fingerprint density at radius 2 is 1.60 bits per heavy atom. The number of aromatic nitrogens is 6. The average Bonchev–Trinajstić information content (AvgIpc) is 3.90. The summed E-state index contributed by atoms with van der Waals surface area (Å²) in [4.78, 5) is 38.7. The van der Waals surface area contributed by atoms with E-state index in [0.717, 1.165) is 11.1 Å². The van der Waals surface area contributed by atoms with Crippen molar-refractivity contribution in [1.29, 1.82) is 0 Å². The molecule has 7 rings (SSSR count). The van der Waals surface area contributed by atoms with Gasteiger partial charge < -0.3 is 56.5 Å². The molecule has 284 valence electrons. The number of carbonyl (C=O) groups excluding carboxylic acids is 2. The summed E-state index contributed by atoms with van der Waals surface area (Å²) in [6, 6.07) is 17.8. The molecule has 1 aliphatic carbocycles. The van der Waals surface area contributed by atoms with Gasteiger partial charge in [-0.3, -0.25) is 4.79 Å². The van der Waals surface area contributed by atoms with Crippen molar-refractivity contribution in [3.05, 3.63) is 108 Å². The highest BCUT2D eigenvalue weighted by Gasteiger charge is 2.44. The zero-order valence-corrected chi connectivity index (χ0v) is 29.1. The fourth-order valence-electron chi connectivity index (χ4n) is 6.61. The van der Waals surface area contributed by atoms with Gasteiger partial charge in [0.25, 0.3) is 5.95 Å². The molecule has 10 N–H and O–H groups in total. The molecule has 55 heavy (non-hydrogen) atoms. The minimum Gasteiger partial charge on any atom is -0.508 e. The Kier molecular flexibility index (Phi) is 10.4. The second-order valence-electron chi connectivity index (χ2n) is 13.1. The van der Waals surface area contributed by atoms with Crippen molar-refractivity contribution in [1.82, 2.24) is 39.9 Å². The molecule has 6 aromatic rings. The number of amides is 3. The van der Waals surface area contributed by atoms with Gasteiger partial charge in [-0.05, 0) is 59.5 Å². The maximum atomic E-state index is 12.7. The van der Waals surface area contributed by atoms with E-state index < -0.39 is 42.8 Å². The van der Waals surface area contributed by atoms with Crippen molar-refractivity contribution in [2.45, 2.75) is 43.2 Å². The number of imidazole rings is 1. The Balaban J connectivity index is 1.21. The number of benzene rings is 3. The molecule has 3 heterocycles. The zero-order chi connectivity index (χ0) is 38.6. The standard InChI is InChI=1S/C37H38N10O8/c48-18-30(52)43-28-13-29(33(54)32(28)53)46-19-40-31-34(38-16-27(21-4-8-24(49)9-5-21)22-6-10-25(50)11-7-22)44-36(45-35(31)46)47-17-23(15-41-47)42-37(55)39-14-20-2-1-3-26(51)12-20/h1-12,15,17,19,27-29,32-33,48-51,53-54H,13-14,16,18H2,(H,43,52)(H,38,44,45)(H2,39,42,55)/t28-,29+,32+,33-/m0/s1. The number of phenolic OH excluding ortho intramolecular Hbond substituents is 3. The van der Waals surface area contributed by atoms with Gasteiger partial charge in [0.1, 0.15) is 36.1 Å². The summed E-state index contributed by atoms with van der Waals surface area (Å²) in [6.07, 6.45) is 1.79. The van der Waals surface area contributed by atoms with E-state index in [1.165, 1.54) is 35.5 Å². The third-order valence-corrected chi connectivity index (χ3v) is 9.38. The van der Waals surface area contributed by atoms with Gasteiger partial charge in [0, 0.05) is 19.0 Å². The van der Waals surface area contributed by atoms with Gasteiger partial charge in [-0.2, -0.15) is 15.1 Å². The normalized spacial score (nSPS) is 18.0. The first-order chi connectivity index (χ1) is 26.6. The minimum absolute atomic E-state index is 0.0638. The molecule has 1 saturated carbocycles. The zero-order valence-electron chi connectivity index (χ0n) is 29.1. The van der Waals surface area contributed by atoms with Crippen LogP contribution in [0.4, 0.5) is 16.3 Å². The second kappa shape index (κ2) is 15.7. The molecule has 18 heteroatoms. The number of nitrogens with one attached hydrogen (secondary N) is 4. The molecule has 1 aliphatic rings.